The SMILES string of the molecule is CC(C)[C@@H](NC(=O)Nc1ccccc1)C(=O)OCC(=O)N(C)c1ccccc1. The van der Waals surface area contributed by atoms with Crippen LogP contribution in [0, 0.1) is 5.92 Å². The number of para-hydroxylation sites is 2. The lowest BCUT2D eigenvalue weighted by Gasteiger charge is -2.22. The van der Waals surface area contributed by atoms with Gasteiger partial charge in [0.1, 0.15) is 6.04 Å². The van der Waals surface area contributed by atoms with Crippen LogP contribution in [0.2, 0.25) is 0 Å². The number of urea groups is 1. The number of amides is 3. The number of ether oxygens (including phenoxy) is 1. The number of hydrogen-bond donors (Lipinski definition) is 2. The summed E-state index contributed by atoms with van der Waals surface area (Å²) in [4.78, 5) is 38.2. The molecule has 0 unspecified atom stereocenters. The highest BCUT2D eigenvalue weighted by Gasteiger charge is 2.27. The largest absolute Gasteiger partial charge is 0.454 e. The van der Waals surface area contributed by atoms with E-state index in [4.69, 9.17) is 4.74 Å². The van der Waals surface area contributed by atoms with Crippen molar-refractivity contribution >= 4 is 29.3 Å². The van der Waals surface area contributed by atoms with Crippen LogP contribution in [0.25, 0.3) is 0 Å². The number of carbonyl (C=O) groups excluding carboxylic acids is 3. The van der Waals surface area contributed by atoms with E-state index in [0.717, 1.165) is 0 Å². The molecule has 2 N–H and O–H groups in total. The number of hydrogen-bond acceptors (Lipinski definition) is 4. The molecular formula is C21H25N3O4. The lowest BCUT2D eigenvalue weighted by molar-refractivity contribution is -0.150. The van der Waals surface area contributed by atoms with Crippen LogP contribution < -0.4 is 15.5 Å². The Morgan fingerprint density at radius 2 is 1.54 bits per heavy atom. The summed E-state index contributed by atoms with van der Waals surface area (Å²) in [5, 5.41) is 5.25. The molecule has 0 radical (unpaired) electrons. The normalized spacial score (nSPS) is 11.4. The Bertz CT molecular complexity index is 794. The third kappa shape index (κ3) is 6.12. The Kier molecular flexibility index (Phi) is 7.56. The lowest BCUT2D eigenvalue weighted by atomic mass is 10.1. The van der Waals surface area contributed by atoms with Crippen molar-refractivity contribution in [1.29, 1.82) is 0 Å². The number of nitrogens with zero attached hydrogens (tertiary/aromatic N) is 1. The van der Waals surface area contributed by atoms with Crippen molar-refractivity contribution in [1.82, 2.24) is 5.32 Å². The fourth-order valence-electron chi connectivity index (χ4n) is 2.44. The van der Waals surface area contributed by atoms with E-state index < -0.39 is 24.6 Å². The first-order valence-corrected chi connectivity index (χ1v) is 8.99. The Labute approximate surface area is 164 Å². The second-order valence-corrected chi connectivity index (χ2v) is 6.58. The predicted octanol–water partition coefficient (Wildman–Crippen LogP) is 3.04. The molecule has 0 aliphatic heterocycles. The number of rotatable bonds is 7. The summed E-state index contributed by atoms with van der Waals surface area (Å²) in [5.41, 5.74) is 1.31. The summed E-state index contributed by atoms with van der Waals surface area (Å²) in [6.07, 6.45) is 0. The molecule has 2 aromatic carbocycles. The highest BCUT2D eigenvalue weighted by atomic mass is 16.5. The molecule has 0 spiro atoms. The monoisotopic (exact) mass is 383 g/mol. The number of benzene rings is 2. The van der Waals surface area contributed by atoms with Gasteiger partial charge in [-0.25, -0.2) is 9.59 Å². The van der Waals surface area contributed by atoms with Crippen molar-refractivity contribution in [3.05, 3.63) is 60.7 Å². The Morgan fingerprint density at radius 1 is 0.964 bits per heavy atom. The van der Waals surface area contributed by atoms with Gasteiger partial charge in [-0.2, -0.15) is 0 Å². The number of carbonyl (C=O) groups is 3. The first kappa shape index (κ1) is 21.0. The first-order valence-electron chi connectivity index (χ1n) is 8.99. The molecule has 7 heteroatoms. The van der Waals surface area contributed by atoms with Crippen molar-refractivity contribution in [2.45, 2.75) is 19.9 Å². The van der Waals surface area contributed by atoms with E-state index in [1.807, 2.05) is 24.3 Å². The van der Waals surface area contributed by atoms with Gasteiger partial charge in [-0.1, -0.05) is 50.2 Å². The highest BCUT2D eigenvalue weighted by molar-refractivity contribution is 5.96. The van der Waals surface area contributed by atoms with Gasteiger partial charge in [-0.3, -0.25) is 4.79 Å². The van der Waals surface area contributed by atoms with E-state index in [2.05, 4.69) is 10.6 Å². The number of esters is 1. The zero-order chi connectivity index (χ0) is 20.5. The molecule has 0 bridgehead atoms. The lowest BCUT2D eigenvalue weighted by Crippen LogP contribution is -2.47. The van der Waals surface area contributed by atoms with Crippen molar-refractivity contribution in [2.24, 2.45) is 5.92 Å². The molecule has 0 aliphatic rings. The van der Waals surface area contributed by atoms with Gasteiger partial charge in [0.2, 0.25) is 0 Å². The topological polar surface area (TPSA) is 87.7 Å². The molecule has 2 aromatic rings. The summed E-state index contributed by atoms with van der Waals surface area (Å²) >= 11 is 0. The van der Waals surface area contributed by atoms with Gasteiger partial charge in [-0.15, -0.1) is 0 Å². The maximum Gasteiger partial charge on any atom is 0.329 e. The molecule has 0 aliphatic carbocycles. The van der Waals surface area contributed by atoms with Gasteiger partial charge in [-0.05, 0) is 30.2 Å². The van der Waals surface area contributed by atoms with Gasteiger partial charge in [0.15, 0.2) is 6.61 Å². The van der Waals surface area contributed by atoms with E-state index in [1.54, 1.807) is 57.3 Å². The van der Waals surface area contributed by atoms with Crippen LogP contribution in [0.3, 0.4) is 0 Å². The summed E-state index contributed by atoms with van der Waals surface area (Å²) in [6, 6.07) is 16.5. The fraction of sp³-hybridized carbons (Fsp3) is 0.286. The van der Waals surface area contributed by atoms with E-state index in [1.165, 1.54) is 4.90 Å². The van der Waals surface area contributed by atoms with Crippen LogP contribution in [0.1, 0.15) is 13.8 Å². The van der Waals surface area contributed by atoms with Gasteiger partial charge in [0, 0.05) is 18.4 Å². The smallest absolute Gasteiger partial charge is 0.329 e. The van der Waals surface area contributed by atoms with Crippen LogP contribution in [0.4, 0.5) is 16.2 Å². The van der Waals surface area contributed by atoms with E-state index >= 15 is 0 Å². The molecule has 148 valence electrons. The third-order valence-electron chi connectivity index (χ3n) is 4.09. The molecule has 0 saturated carbocycles. The summed E-state index contributed by atoms with van der Waals surface area (Å²) < 4.78 is 5.15. The van der Waals surface area contributed by atoms with Crippen molar-refractivity contribution in [3.63, 3.8) is 0 Å². The van der Waals surface area contributed by atoms with Crippen molar-refractivity contribution in [3.8, 4) is 0 Å². The molecule has 2 rings (SSSR count). The minimum Gasteiger partial charge on any atom is -0.454 e. The Hall–Kier alpha value is -3.35. The number of anilines is 2. The van der Waals surface area contributed by atoms with Crippen LogP contribution in [0.5, 0.6) is 0 Å². The van der Waals surface area contributed by atoms with Crippen LogP contribution in [-0.2, 0) is 14.3 Å². The van der Waals surface area contributed by atoms with Gasteiger partial charge in [0.05, 0.1) is 0 Å². The molecule has 7 nitrogen and oxygen atoms in total. The van der Waals surface area contributed by atoms with Crippen molar-refractivity contribution < 1.29 is 19.1 Å². The average molecular weight is 383 g/mol. The fourth-order valence-corrected chi connectivity index (χ4v) is 2.44. The van der Waals surface area contributed by atoms with E-state index in [9.17, 15) is 14.4 Å². The molecule has 1 atom stereocenters. The summed E-state index contributed by atoms with van der Waals surface area (Å²) in [6.45, 7) is 3.16. The first-order chi connectivity index (χ1) is 13.4. The highest BCUT2D eigenvalue weighted by Crippen LogP contribution is 2.12. The summed E-state index contributed by atoms with van der Waals surface area (Å²) in [5.74, 6) is -1.24. The Balaban J connectivity index is 1.89. The van der Waals surface area contributed by atoms with E-state index in [0.29, 0.717) is 11.4 Å². The Morgan fingerprint density at radius 3 is 2.11 bits per heavy atom. The second-order valence-electron chi connectivity index (χ2n) is 6.58. The maximum absolute atomic E-state index is 12.4. The minimum absolute atomic E-state index is 0.212. The molecule has 0 saturated heterocycles. The molecule has 0 aromatic heterocycles. The molecular weight excluding hydrogens is 358 g/mol. The average Bonchev–Trinajstić information content (AvgIpc) is 2.70. The second kappa shape index (κ2) is 10.1. The quantitative estimate of drug-likeness (QED) is 0.720. The van der Waals surface area contributed by atoms with E-state index in [-0.39, 0.29) is 11.8 Å². The number of likely N-dealkylation sites (N-methyl/N-ethyl adjacent to an activating group) is 1. The summed E-state index contributed by atoms with van der Waals surface area (Å²) in [7, 11) is 1.61. The zero-order valence-corrected chi connectivity index (χ0v) is 16.2. The van der Waals surface area contributed by atoms with Crippen LogP contribution in [0.15, 0.2) is 60.7 Å². The van der Waals surface area contributed by atoms with Crippen LogP contribution >= 0.6 is 0 Å². The zero-order valence-electron chi connectivity index (χ0n) is 16.2. The van der Waals surface area contributed by atoms with Crippen molar-refractivity contribution in [2.75, 3.05) is 23.9 Å². The number of nitrogens with one attached hydrogen (secondary N) is 2. The molecule has 28 heavy (non-hydrogen) atoms. The predicted molar refractivity (Wildman–Crippen MR) is 108 cm³/mol. The minimum atomic E-state index is -0.876. The molecule has 0 heterocycles. The van der Waals surface area contributed by atoms with Crippen LogP contribution in [-0.4, -0.2) is 37.6 Å². The van der Waals surface area contributed by atoms with Gasteiger partial charge >= 0.3 is 12.0 Å². The van der Waals surface area contributed by atoms with Gasteiger partial charge in [0.25, 0.3) is 5.91 Å². The van der Waals surface area contributed by atoms with Gasteiger partial charge < -0.3 is 20.3 Å². The molecule has 0 fully saturated rings. The third-order valence-corrected chi connectivity index (χ3v) is 4.09. The molecule has 3 amide bonds. The standard InChI is InChI=1S/C21H25N3O4/c1-15(2)19(23-21(27)22-16-10-6-4-7-11-16)20(26)28-14-18(25)24(3)17-12-8-5-9-13-17/h4-13,15,19H,14H2,1-3H3,(H2,22,23,27)/t19-/m1/s1. The maximum atomic E-state index is 12.4.